The van der Waals surface area contributed by atoms with Gasteiger partial charge in [-0.2, -0.15) is 26.3 Å². The summed E-state index contributed by atoms with van der Waals surface area (Å²) >= 11 is 1.56. The van der Waals surface area contributed by atoms with Crippen LogP contribution in [-0.2, 0) is 10.3 Å². The molecular weight excluding hydrogens is 552 g/mol. The fraction of sp³-hybridized carbons (Fsp3) is 0.500. The standard InChI is InChI=1S/C17H16F6N4OS.C7H13NO2/c18-16(19,20)15(28,17(21,22)23)12-10-24-14(25-11-12)26-6-8-27(9-7-26)29-13-4-2-1-3-5-13;1-6-4-10-5-7(3-9)8(6)2/h1-5,10-11,28H,6-9H2;3,6,9H,4-5H2,1-2H3/b;7-3+. The number of anilines is 1. The summed E-state index contributed by atoms with van der Waals surface area (Å²) in [5, 5.41) is 18.1. The van der Waals surface area contributed by atoms with Crippen LogP contribution >= 0.6 is 11.9 Å². The van der Waals surface area contributed by atoms with Crippen LogP contribution in [0.4, 0.5) is 32.3 Å². The molecule has 2 aromatic rings. The SMILES string of the molecule is CC1COC/C(=C\O)N1C.OC(c1cnc(N2CCN(Sc3ccccc3)CC2)nc1)(C(F)(F)F)C(F)(F)F. The zero-order valence-electron chi connectivity index (χ0n) is 21.2. The number of halogens is 6. The molecule has 1 aromatic carbocycles. The summed E-state index contributed by atoms with van der Waals surface area (Å²) < 4.78 is 84.8. The van der Waals surface area contributed by atoms with Crippen molar-refractivity contribution < 1.29 is 41.3 Å². The van der Waals surface area contributed by atoms with Gasteiger partial charge in [0.05, 0.1) is 18.9 Å². The Balaban J connectivity index is 0.000000353. The van der Waals surface area contributed by atoms with Gasteiger partial charge in [0.1, 0.15) is 6.26 Å². The van der Waals surface area contributed by atoms with Gasteiger partial charge in [-0.3, -0.25) is 0 Å². The minimum atomic E-state index is -5.96. The number of likely N-dealkylation sites (N-methyl/N-ethyl adjacent to an activating group) is 1. The highest BCUT2D eigenvalue weighted by molar-refractivity contribution is 7.97. The molecule has 2 aliphatic rings. The quantitative estimate of drug-likeness (QED) is 0.311. The van der Waals surface area contributed by atoms with Crippen LogP contribution in [0.3, 0.4) is 0 Å². The Morgan fingerprint density at radius 3 is 2.03 bits per heavy atom. The maximum absolute atomic E-state index is 12.9. The van der Waals surface area contributed by atoms with Crippen LogP contribution in [0.2, 0.25) is 0 Å². The summed E-state index contributed by atoms with van der Waals surface area (Å²) in [4.78, 5) is 12.0. The predicted octanol–water partition coefficient (Wildman–Crippen LogP) is 4.35. The van der Waals surface area contributed by atoms with E-state index in [1.54, 1.807) is 16.8 Å². The van der Waals surface area contributed by atoms with Gasteiger partial charge in [0.15, 0.2) is 0 Å². The van der Waals surface area contributed by atoms with Crippen LogP contribution in [0, 0.1) is 0 Å². The largest absolute Gasteiger partial charge is 0.514 e. The van der Waals surface area contributed by atoms with Crippen LogP contribution in [0.25, 0.3) is 0 Å². The molecule has 2 N–H and O–H groups in total. The summed E-state index contributed by atoms with van der Waals surface area (Å²) in [6.45, 7) is 5.41. The van der Waals surface area contributed by atoms with Crippen LogP contribution in [0.1, 0.15) is 12.5 Å². The van der Waals surface area contributed by atoms with E-state index in [2.05, 4.69) is 21.2 Å². The highest BCUT2D eigenvalue weighted by atomic mass is 32.2. The molecule has 1 aromatic heterocycles. The number of nitrogens with zero attached hydrogens (tertiary/aromatic N) is 5. The van der Waals surface area contributed by atoms with Crippen LogP contribution in [0.5, 0.6) is 0 Å². The van der Waals surface area contributed by atoms with Gasteiger partial charge >= 0.3 is 12.4 Å². The van der Waals surface area contributed by atoms with Crippen LogP contribution < -0.4 is 4.90 Å². The van der Waals surface area contributed by atoms with Crippen molar-refractivity contribution in [3.8, 4) is 0 Å². The lowest BCUT2D eigenvalue weighted by atomic mass is 9.95. The first-order valence-electron chi connectivity index (χ1n) is 11.8. The van der Waals surface area contributed by atoms with Gasteiger partial charge in [0.25, 0.3) is 5.60 Å². The van der Waals surface area contributed by atoms with E-state index >= 15 is 0 Å². The predicted molar refractivity (Wildman–Crippen MR) is 133 cm³/mol. The molecule has 216 valence electrons. The van der Waals surface area contributed by atoms with E-state index in [0.29, 0.717) is 51.2 Å². The molecule has 0 amide bonds. The lowest BCUT2D eigenvalue weighted by molar-refractivity contribution is -0.376. The third-order valence-electron chi connectivity index (χ3n) is 6.25. The molecule has 1 atom stereocenters. The number of benzene rings is 1. The molecule has 0 radical (unpaired) electrons. The van der Waals surface area contributed by atoms with Crippen LogP contribution in [-0.4, -0.2) is 94.2 Å². The number of piperazine rings is 1. The number of rotatable bonds is 4. The molecule has 2 fully saturated rings. The highest BCUT2D eigenvalue weighted by Gasteiger charge is 2.71. The highest BCUT2D eigenvalue weighted by Crippen LogP contribution is 2.49. The van der Waals surface area contributed by atoms with Crippen molar-refractivity contribution in [1.82, 2.24) is 19.2 Å². The average Bonchev–Trinajstić information content (AvgIpc) is 2.90. The number of alkyl halides is 6. The third-order valence-corrected chi connectivity index (χ3v) is 7.35. The van der Waals surface area contributed by atoms with Gasteiger partial charge in [0.2, 0.25) is 5.95 Å². The summed E-state index contributed by atoms with van der Waals surface area (Å²) in [5.74, 6) is 0.00445. The van der Waals surface area contributed by atoms with E-state index in [-0.39, 0.29) is 5.95 Å². The molecule has 0 aliphatic carbocycles. The third kappa shape index (κ3) is 7.26. The maximum Gasteiger partial charge on any atom is 0.430 e. The van der Waals surface area contributed by atoms with E-state index in [0.717, 1.165) is 23.5 Å². The summed E-state index contributed by atoms with van der Waals surface area (Å²) in [6.07, 6.45) is -10.1. The van der Waals surface area contributed by atoms with Crippen molar-refractivity contribution >= 4 is 17.9 Å². The fourth-order valence-electron chi connectivity index (χ4n) is 3.73. The molecule has 39 heavy (non-hydrogen) atoms. The Morgan fingerprint density at radius 2 is 1.54 bits per heavy atom. The molecular formula is C24H29F6N5O3S. The number of morpholine rings is 1. The number of ether oxygens (including phenoxy) is 1. The molecule has 15 heteroatoms. The molecule has 0 spiro atoms. The van der Waals surface area contributed by atoms with Gasteiger partial charge in [-0.25, -0.2) is 14.3 Å². The second-order valence-corrected chi connectivity index (χ2v) is 10.1. The second kappa shape index (κ2) is 12.6. The molecule has 0 bridgehead atoms. The Bertz CT molecular complexity index is 1070. The summed E-state index contributed by atoms with van der Waals surface area (Å²) in [6, 6.07) is 10.0. The summed E-state index contributed by atoms with van der Waals surface area (Å²) in [7, 11) is 1.95. The van der Waals surface area contributed by atoms with Gasteiger partial charge in [-0.15, -0.1) is 0 Å². The number of aliphatic hydroxyl groups is 2. The molecule has 1 unspecified atom stereocenters. The number of aromatic nitrogens is 2. The second-order valence-electron chi connectivity index (χ2n) is 8.89. The zero-order valence-corrected chi connectivity index (χ0v) is 22.0. The van der Waals surface area contributed by atoms with E-state index < -0.39 is 23.5 Å². The van der Waals surface area contributed by atoms with Crippen molar-refractivity contribution in [2.75, 3.05) is 51.3 Å². The van der Waals surface area contributed by atoms with E-state index in [9.17, 15) is 31.4 Å². The molecule has 0 saturated carbocycles. The first kappa shape index (κ1) is 30.8. The van der Waals surface area contributed by atoms with Crippen molar-refractivity contribution in [2.24, 2.45) is 0 Å². The zero-order chi connectivity index (χ0) is 28.8. The Labute approximate surface area is 226 Å². The fourth-order valence-corrected chi connectivity index (χ4v) is 4.65. The Hall–Kier alpha value is -2.75. The molecule has 4 rings (SSSR count). The lowest BCUT2D eigenvalue weighted by Gasteiger charge is -2.34. The first-order valence-corrected chi connectivity index (χ1v) is 12.6. The van der Waals surface area contributed by atoms with Crippen molar-refractivity contribution in [3.63, 3.8) is 0 Å². The Morgan fingerprint density at radius 1 is 0.974 bits per heavy atom. The molecule has 2 saturated heterocycles. The van der Waals surface area contributed by atoms with E-state index in [1.165, 1.54) is 0 Å². The number of hydrogen-bond acceptors (Lipinski definition) is 9. The summed E-state index contributed by atoms with van der Waals surface area (Å²) in [5.41, 5.74) is -5.65. The molecule has 3 heterocycles. The smallest absolute Gasteiger partial charge is 0.430 e. The van der Waals surface area contributed by atoms with Gasteiger partial charge in [-0.05, 0) is 31.0 Å². The van der Waals surface area contributed by atoms with Gasteiger partial charge in [0, 0.05) is 62.1 Å². The minimum Gasteiger partial charge on any atom is -0.514 e. The van der Waals surface area contributed by atoms with Gasteiger partial charge < -0.3 is 24.7 Å². The van der Waals surface area contributed by atoms with Crippen LogP contribution in [0.15, 0.2) is 59.6 Å². The topological polar surface area (TPSA) is 85.2 Å². The molecule has 2 aliphatic heterocycles. The normalized spacial score (nSPS) is 20.5. The van der Waals surface area contributed by atoms with Crippen molar-refractivity contribution in [3.05, 3.63) is 60.2 Å². The average molecular weight is 582 g/mol. The Kier molecular flexibility index (Phi) is 9.96. The molecule has 8 nitrogen and oxygen atoms in total. The number of hydrogen-bond donors (Lipinski definition) is 2. The number of aliphatic hydroxyl groups excluding tert-OH is 1. The minimum absolute atomic E-state index is 0.00445. The lowest BCUT2D eigenvalue weighted by Crippen LogP contribution is -2.54. The van der Waals surface area contributed by atoms with Crippen molar-refractivity contribution in [2.45, 2.75) is 35.8 Å². The van der Waals surface area contributed by atoms with E-state index in [4.69, 9.17) is 9.84 Å². The maximum atomic E-state index is 12.9. The van der Waals surface area contributed by atoms with Crippen molar-refractivity contribution in [1.29, 1.82) is 0 Å². The van der Waals surface area contributed by atoms with E-state index in [1.807, 2.05) is 42.3 Å². The van der Waals surface area contributed by atoms with Gasteiger partial charge in [-0.1, -0.05) is 18.2 Å². The first-order chi connectivity index (χ1) is 18.3. The monoisotopic (exact) mass is 581 g/mol.